The Morgan fingerprint density at radius 3 is 1.63 bits per heavy atom. The van der Waals surface area contributed by atoms with Crippen molar-refractivity contribution < 1.29 is 67.7 Å². The number of aliphatic hydroxyl groups is 3. The van der Waals surface area contributed by atoms with Crippen LogP contribution in [0.15, 0.2) is 175 Å². The van der Waals surface area contributed by atoms with E-state index in [1.807, 2.05) is 30.4 Å². The number of aromatic nitrogens is 6. The molecule has 0 saturated heterocycles. The molecule has 2 aromatic carbocycles. The van der Waals surface area contributed by atoms with Crippen LogP contribution in [-0.2, 0) is 28.4 Å². The molecule has 4 aliphatic rings. The standard InChI is InChI=1S/C19H18N2O6.C11H8N2O3.C10H12N2O3.C10H14O6.C6H10O2/c1-26-19(25)27-12-13-7-8-15(11-13)20-10-9-16(22)21(18(20)24)17(23)14-5-3-2-4-6-14;14-9-6-7-12-11(16)13(9)10(15)8-4-2-1-3-5-8;13-6-7-1-2-8(5-7)12-4-3-9(14)11-10(12)15;1-13-9(11)15-6-7-4-3-5-8(7)16-10(12)14-2;7-4-5-2-1-3-6(5)8/h2-10,13,15H,11-12H2,1H3;1-7H,(H,12,16);1-4,7-8,13H,5-6H2,(H,11,14,15);3,5,7-8H,4,6H2,1-2H3;1,3,5-8H,2,4H2/t13-,15+;;7-,8+;7-,8-;5-,6-/m1.111/s1. The lowest BCUT2D eigenvalue weighted by Crippen LogP contribution is -2.43. The molecule has 0 unspecified atom stereocenters. The molecule has 0 saturated carbocycles. The highest BCUT2D eigenvalue weighted by Crippen LogP contribution is 2.28. The summed E-state index contributed by atoms with van der Waals surface area (Å²) >= 11 is 0. The normalized spacial score (nSPS) is 20.4. The lowest BCUT2D eigenvalue weighted by Gasteiger charge is -2.18. The predicted molar refractivity (Wildman–Crippen MR) is 291 cm³/mol. The van der Waals surface area contributed by atoms with Crippen molar-refractivity contribution in [3.63, 3.8) is 0 Å². The van der Waals surface area contributed by atoms with E-state index in [1.54, 1.807) is 78.9 Å². The monoisotopic (exact) mass is 1140 g/mol. The van der Waals surface area contributed by atoms with Crippen molar-refractivity contribution in [2.24, 2.45) is 23.7 Å². The second-order valence-electron chi connectivity index (χ2n) is 18.2. The summed E-state index contributed by atoms with van der Waals surface area (Å²) in [4.78, 5) is 132. The minimum atomic E-state index is -0.772. The quantitative estimate of drug-likeness (QED) is 0.0721. The molecule has 26 heteroatoms. The van der Waals surface area contributed by atoms with Crippen molar-refractivity contribution in [3.8, 4) is 0 Å². The SMILES string of the molecule is COC(=O)OC[C@@H]1C=C[C@H](n2ccc(=O)n(C(=O)c3ccccc3)c2=O)C1.COC(=O)OC[C@H]1CC=C[C@H]1OC(=O)OC.O=C(c1ccccc1)n1c(=O)cc[nH]c1=O.O=c1ccn([C@H]2C=C[C@@H](CO)C2)c(=O)[nH]1.OC[C@H]1CC=C[C@H]1O. The molecule has 82 heavy (non-hydrogen) atoms. The number of ether oxygens (including phenoxy) is 6. The van der Waals surface area contributed by atoms with Gasteiger partial charge in [0.15, 0.2) is 0 Å². The average molecular weight is 1140 g/mol. The van der Waals surface area contributed by atoms with Gasteiger partial charge in [0, 0.05) is 84.8 Å². The van der Waals surface area contributed by atoms with Crippen molar-refractivity contribution in [3.05, 3.63) is 220 Å². The van der Waals surface area contributed by atoms with Gasteiger partial charge in [-0.25, -0.2) is 28.8 Å². The van der Waals surface area contributed by atoms with Gasteiger partial charge in [-0.1, -0.05) is 78.9 Å². The van der Waals surface area contributed by atoms with Gasteiger partial charge in [-0.15, -0.1) is 0 Å². The number of hydrogen-bond donors (Lipinski definition) is 5. The Labute approximate surface area is 466 Å². The minimum Gasteiger partial charge on any atom is -0.438 e. The summed E-state index contributed by atoms with van der Waals surface area (Å²) < 4.78 is 31.8. The number of nitrogens with one attached hydrogen (secondary N) is 2. The van der Waals surface area contributed by atoms with Crippen LogP contribution in [0.1, 0.15) is 58.5 Å². The molecule has 3 heterocycles. The van der Waals surface area contributed by atoms with E-state index in [4.69, 9.17) is 29.5 Å². The first-order valence-electron chi connectivity index (χ1n) is 25.3. The largest absolute Gasteiger partial charge is 0.508 e. The van der Waals surface area contributed by atoms with Crippen LogP contribution in [0.3, 0.4) is 0 Å². The summed E-state index contributed by atoms with van der Waals surface area (Å²) in [5.74, 6) is -1.31. The first kappa shape index (κ1) is 63.3. The van der Waals surface area contributed by atoms with Crippen LogP contribution in [0.4, 0.5) is 14.4 Å². The third-order valence-corrected chi connectivity index (χ3v) is 12.7. The van der Waals surface area contributed by atoms with Crippen molar-refractivity contribution in [2.75, 3.05) is 47.8 Å². The molecule has 3 aromatic heterocycles. The van der Waals surface area contributed by atoms with Crippen molar-refractivity contribution in [1.82, 2.24) is 28.2 Å². The molecule has 0 radical (unpaired) electrons. The molecule has 0 aliphatic heterocycles. The Balaban J connectivity index is 0.000000197. The Bertz CT molecular complexity index is 3420. The van der Waals surface area contributed by atoms with Crippen LogP contribution in [-0.4, -0.2) is 134 Å². The van der Waals surface area contributed by atoms with E-state index in [0.717, 1.165) is 12.5 Å². The molecule has 26 nitrogen and oxygen atoms in total. The number of carbonyl (C=O) groups excluding carboxylic acids is 5. The third kappa shape index (κ3) is 18.3. The fourth-order valence-corrected chi connectivity index (χ4v) is 8.31. The molecule has 9 rings (SSSR count). The highest BCUT2D eigenvalue weighted by Gasteiger charge is 2.29. The molecule has 5 N–H and O–H groups in total. The maximum Gasteiger partial charge on any atom is 0.508 e. The van der Waals surface area contributed by atoms with Crippen molar-refractivity contribution >= 4 is 30.3 Å². The number of nitrogens with zero attached hydrogens (tertiary/aromatic N) is 4. The number of carbonyl (C=O) groups is 5. The molecular formula is C56H62N6O20. The number of aliphatic hydroxyl groups excluding tert-OH is 3. The van der Waals surface area contributed by atoms with Crippen LogP contribution >= 0.6 is 0 Å². The lowest BCUT2D eigenvalue weighted by atomic mass is 10.1. The molecular weight excluding hydrogens is 1080 g/mol. The number of methoxy groups -OCH3 is 3. The summed E-state index contributed by atoms with van der Waals surface area (Å²) in [5.41, 5.74) is -3.02. The Morgan fingerprint density at radius 1 is 0.561 bits per heavy atom. The number of H-pyrrole nitrogens is 2. The van der Waals surface area contributed by atoms with Gasteiger partial charge >= 0.3 is 35.5 Å². The van der Waals surface area contributed by atoms with Crippen LogP contribution in [0.25, 0.3) is 0 Å². The number of allylic oxidation sites excluding steroid dienone is 4. The van der Waals surface area contributed by atoms with Gasteiger partial charge in [0.2, 0.25) is 0 Å². The van der Waals surface area contributed by atoms with Gasteiger partial charge in [-0.3, -0.25) is 38.1 Å². The molecule has 0 fully saturated rings. The molecule has 0 spiro atoms. The fourth-order valence-electron chi connectivity index (χ4n) is 8.31. The van der Waals surface area contributed by atoms with Gasteiger partial charge < -0.3 is 48.7 Å². The van der Waals surface area contributed by atoms with E-state index in [1.165, 1.54) is 61.2 Å². The number of hydrogen-bond acceptors (Lipinski definition) is 20. The summed E-state index contributed by atoms with van der Waals surface area (Å²) in [6, 6.07) is 19.5. The second-order valence-corrected chi connectivity index (χ2v) is 18.2. The van der Waals surface area contributed by atoms with Gasteiger partial charge in [0.1, 0.15) is 19.3 Å². The Hall–Kier alpha value is -9.53. The summed E-state index contributed by atoms with van der Waals surface area (Å²) in [5, 5.41) is 26.4. The zero-order chi connectivity index (χ0) is 59.7. The van der Waals surface area contributed by atoms with E-state index < -0.39 is 76.2 Å². The van der Waals surface area contributed by atoms with E-state index in [0.29, 0.717) is 34.0 Å². The number of aromatic amines is 2. The van der Waals surface area contributed by atoms with E-state index >= 15 is 0 Å². The van der Waals surface area contributed by atoms with Crippen molar-refractivity contribution in [1.29, 1.82) is 0 Å². The van der Waals surface area contributed by atoms with Gasteiger partial charge in [-0.05, 0) is 56.0 Å². The van der Waals surface area contributed by atoms with Crippen molar-refractivity contribution in [2.45, 2.75) is 50.0 Å². The highest BCUT2D eigenvalue weighted by molar-refractivity contribution is 5.96. The van der Waals surface area contributed by atoms with E-state index in [9.17, 15) is 52.7 Å². The molecule has 5 aromatic rings. The zero-order valence-electron chi connectivity index (χ0n) is 44.7. The minimum absolute atomic E-state index is 0.0634. The number of benzene rings is 2. The van der Waals surface area contributed by atoms with Gasteiger partial charge in [0.25, 0.3) is 28.5 Å². The molecule has 436 valence electrons. The average Bonchev–Trinajstić information content (AvgIpc) is 4.40. The smallest absolute Gasteiger partial charge is 0.438 e. The maximum atomic E-state index is 12.8. The summed E-state index contributed by atoms with van der Waals surface area (Å²) in [6.07, 6.45) is 18.3. The molecule has 4 aliphatic carbocycles. The summed E-state index contributed by atoms with van der Waals surface area (Å²) in [6.45, 7) is 0.442. The van der Waals surface area contributed by atoms with Crippen LogP contribution in [0, 0.1) is 23.7 Å². The second kappa shape index (κ2) is 31.9. The first-order valence-corrected chi connectivity index (χ1v) is 25.3. The predicted octanol–water partition coefficient (Wildman–Crippen LogP) is 2.88. The highest BCUT2D eigenvalue weighted by atomic mass is 16.7. The Morgan fingerprint density at radius 2 is 1.10 bits per heavy atom. The van der Waals surface area contributed by atoms with Gasteiger partial charge in [-0.2, -0.15) is 9.13 Å². The first-order chi connectivity index (χ1) is 39.4. The van der Waals surface area contributed by atoms with E-state index in [2.05, 4.69) is 24.2 Å². The Kier molecular flexibility index (Phi) is 24.6. The van der Waals surface area contributed by atoms with Crippen LogP contribution in [0.5, 0.6) is 0 Å². The van der Waals surface area contributed by atoms with E-state index in [-0.39, 0.29) is 67.7 Å². The molecule has 0 amide bonds. The van der Waals surface area contributed by atoms with Gasteiger partial charge in [0.05, 0.1) is 39.5 Å². The zero-order valence-corrected chi connectivity index (χ0v) is 44.7. The van der Waals surface area contributed by atoms with Crippen LogP contribution in [0.2, 0.25) is 0 Å². The third-order valence-electron chi connectivity index (χ3n) is 12.7. The number of rotatable bonds is 11. The topological polar surface area (TPSA) is 355 Å². The maximum absolute atomic E-state index is 12.8. The molecule has 0 bridgehead atoms. The summed E-state index contributed by atoms with van der Waals surface area (Å²) in [7, 11) is 3.70. The molecule has 8 atom stereocenters. The fraction of sp³-hybridized carbons (Fsp3) is 0.339. The lowest BCUT2D eigenvalue weighted by molar-refractivity contribution is 0.0114. The van der Waals surface area contributed by atoms with Crippen LogP contribution < -0.4 is 33.7 Å².